The Kier molecular flexibility index (Phi) is 7.75. The average Bonchev–Trinajstić information content (AvgIpc) is 2.75. The average molecular weight is 409 g/mol. The lowest BCUT2D eigenvalue weighted by molar-refractivity contribution is -0.111. The first-order chi connectivity index (χ1) is 14.2. The molecule has 2 heterocycles. The van der Waals surface area contributed by atoms with E-state index in [1.807, 2.05) is 24.3 Å². The van der Waals surface area contributed by atoms with Crippen molar-refractivity contribution in [1.82, 2.24) is 9.88 Å². The van der Waals surface area contributed by atoms with Crippen molar-refractivity contribution in [1.29, 1.82) is 5.41 Å². The third-order valence-electron chi connectivity index (χ3n) is 4.51. The van der Waals surface area contributed by atoms with Gasteiger partial charge in [-0.3, -0.25) is 14.7 Å². The van der Waals surface area contributed by atoms with E-state index in [4.69, 9.17) is 10.1 Å². The third-order valence-corrected chi connectivity index (χ3v) is 4.90. The number of carbonyl (C=O) groups is 1. The van der Waals surface area contributed by atoms with Crippen molar-refractivity contribution in [2.75, 3.05) is 31.6 Å². The van der Waals surface area contributed by atoms with Gasteiger partial charge in [-0.05, 0) is 41.5 Å². The number of ether oxygens (including phenoxy) is 1. The summed E-state index contributed by atoms with van der Waals surface area (Å²) in [5.74, 6) is -0.225. The molecule has 29 heavy (non-hydrogen) atoms. The minimum Gasteiger partial charge on any atom is -0.379 e. The zero-order chi connectivity index (χ0) is 20.5. The molecule has 0 aliphatic carbocycles. The summed E-state index contributed by atoms with van der Waals surface area (Å²) in [6, 6.07) is 9.69. The van der Waals surface area contributed by atoms with Crippen LogP contribution in [0.25, 0.3) is 11.0 Å². The van der Waals surface area contributed by atoms with Crippen LogP contribution in [0.1, 0.15) is 16.7 Å². The monoisotopic (exact) mass is 408 g/mol. The van der Waals surface area contributed by atoms with E-state index >= 15 is 0 Å². The fraction of sp³-hybridized carbons (Fsp3) is 0.227. The number of allylic oxidation sites excluding steroid dienone is 1. The molecule has 3 rings (SSSR count). The number of anilines is 1. The Bertz CT molecular complexity index is 903. The molecular formula is C22H24N4O2S. The van der Waals surface area contributed by atoms with Crippen LogP contribution >= 0.6 is 12.6 Å². The standard InChI is InChI=1S/C22H24N4O2S/c23-9-7-21(29)20-8-10-24-15-18(20)3-6-22(27)25-19-4-1-17(2-5-19)16-26-11-13-28-14-12-26/h1-10,15,23,29H,11-14,16H2,(H,25,27)/b6-3+,21-7-,23-9?. The summed E-state index contributed by atoms with van der Waals surface area (Å²) in [7, 11) is 0. The SMILES string of the molecule is N=C/C=C(\S)c1ccncc1/C=C/C(=O)Nc1ccc(CN2CCOCC2)cc1. The van der Waals surface area contributed by atoms with E-state index in [0.29, 0.717) is 4.91 Å². The number of rotatable bonds is 7. The maximum atomic E-state index is 12.3. The van der Waals surface area contributed by atoms with Crippen LogP contribution < -0.4 is 5.32 Å². The van der Waals surface area contributed by atoms with E-state index in [-0.39, 0.29) is 5.91 Å². The second-order valence-electron chi connectivity index (χ2n) is 6.59. The Morgan fingerprint density at radius 1 is 1.24 bits per heavy atom. The van der Waals surface area contributed by atoms with E-state index in [2.05, 4.69) is 27.8 Å². The molecule has 1 aromatic heterocycles. The molecule has 0 unspecified atom stereocenters. The van der Waals surface area contributed by atoms with Gasteiger partial charge in [-0.1, -0.05) is 12.1 Å². The van der Waals surface area contributed by atoms with Gasteiger partial charge in [0.05, 0.1) is 13.2 Å². The minimum absolute atomic E-state index is 0.225. The highest BCUT2D eigenvalue weighted by Gasteiger charge is 2.10. The van der Waals surface area contributed by atoms with Crippen molar-refractivity contribution in [2.24, 2.45) is 0 Å². The number of pyridine rings is 1. The predicted molar refractivity (Wildman–Crippen MR) is 120 cm³/mol. The number of hydrogen-bond acceptors (Lipinski definition) is 6. The summed E-state index contributed by atoms with van der Waals surface area (Å²) < 4.78 is 5.37. The Labute approximate surface area is 176 Å². The van der Waals surface area contributed by atoms with Crippen molar-refractivity contribution < 1.29 is 9.53 Å². The molecule has 150 valence electrons. The highest BCUT2D eigenvalue weighted by atomic mass is 32.1. The quantitative estimate of drug-likeness (QED) is 0.372. The van der Waals surface area contributed by atoms with Gasteiger partial charge in [0, 0.05) is 60.5 Å². The lowest BCUT2D eigenvalue weighted by atomic mass is 10.1. The number of amides is 1. The number of hydrogen-bond donors (Lipinski definition) is 3. The number of aromatic nitrogens is 1. The van der Waals surface area contributed by atoms with Gasteiger partial charge in [0.1, 0.15) is 0 Å². The van der Waals surface area contributed by atoms with Crippen molar-refractivity contribution in [3.8, 4) is 0 Å². The summed E-state index contributed by atoms with van der Waals surface area (Å²) in [4.78, 5) is 19.4. The van der Waals surface area contributed by atoms with Crippen LogP contribution in [-0.2, 0) is 16.1 Å². The smallest absolute Gasteiger partial charge is 0.248 e. The first kappa shape index (κ1) is 21.0. The van der Waals surface area contributed by atoms with Crippen molar-refractivity contribution in [3.63, 3.8) is 0 Å². The van der Waals surface area contributed by atoms with Crippen LogP contribution in [-0.4, -0.2) is 48.3 Å². The number of carbonyl (C=O) groups excluding carboxylic acids is 1. The van der Waals surface area contributed by atoms with E-state index in [0.717, 1.165) is 49.7 Å². The van der Waals surface area contributed by atoms with Crippen molar-refractivity contribution in [3.05, 3.63) is 71.6 Å². The third kappa shape index (κ3) is 6.39. The van der Waals surface area contributed by atoms with Gasteiger partial charge in [0.2, 0.25) is 5.91 Å². The molecule has 0 saturated carbocycles. The fourth-order valence-corrected chi connectivity index (χ4v) is 3.28. The summed E-state index contributed by atoms with van der Waals surface area (Å²) in [6.07, 6.45) is 9.22. The van der Waals surface area contributed by atoms with Crippen LogP contribution in [0.15, 0.2) is 54.9 Å². The second-order valence-corrected chi connectivity index (χ2v) is 7.07. The highest BCUT2D eigenvalue weighted by Crippen LogP contribution is 2.22. The molecule has 1 amide bonds. The minimum atomic E-state index is -0.225. The molecule has 0 spiro atoms. The van der Waals surface area contributed by atoms with Crippen LogP contribution in [0.5, 0.6) is 0 Å². The van der Waals surface area contributed by atoms with Gasteiger partial charge >= 0.3 is 0 Å². The number of thiol groups is 1. The van der Waals surface area contributed by atoms with Gasteiger partial charge in [0.25, 0.3) is 0 Å². The van der Waals surface area contributed by atoms with Crippen molar-refractivity contribution in [2.45, 2.75) is 6.54 Å². The normalized spacial score (nSPS) is 15.4. The molecule has 2 aromatic rings. The van der Waals surface area contributed by atoms with Gasteiger partial charge in [-0.15, -0.1) is 12.6 Å². The molecule has 1 saturated heterocycles. The number of benzene rings is 1. The largest absolute Gasteiger partial charge is 0.379 e. The van der Waals surface area contributed by atoms with E-state index in [1.54, 1.807) is 30.6 Å². The van der Waals surface area contributed by atoms with E-state index in [1.165, 1.54) is 17.9 Å². The highest BCUT2D eigenvalue weighted by molar-refractivity contribution is 7.90. The van der Waals surface area contributed by atoms with Crippen LogP contribution in [0.4, 0.5) is 5.69 Å². The number of nitrogens with zero attached hydrogens (tertiary/aromatic N) is 2. The topological polar surface area (TPSA) is 78.3 Å². The first-order valence-electron chi connectivity index (χ1n) is 9.38. The number of nitrogens with one attached hydrogen (secondary N) is 2. The molecule has 0 atom stereocenters. The maximum absolute atomic E-state index is 12.3. The van der Waals surface area contributed by atoms with Crippen LogP contribution in [0.2, 0.25) is 0 Å². The first-order valence-corrected chi connectivity index (χ1v) is 9.82. The molecule has 0 bridgehead atoms. The van der Waals surface area contributed by atoms with Gasteiger partial charge in [-0.25, -0.2) is 0 Å². The lowest BCUT2D eigenvalue weighted by Gasteiger charge is -2.26. The molecule has 1 aromatic carbocycles. The number of morpholine rings is 1. The summed E-state index contributed by atoms with van der Waals surface area (Å²) in [5, 5.41) is 10.0. The zero-order valence-electron chi connectivity index (χ0n) is 16.0. The van der Waals surface area contributed by atoms with Gasteiger partial charge < -0.3 is 15.5 Å². The molecule has 7 heteroatoms. The summed E-state index contributed by atoms with van der Waals surface area (Å²) >= 11 is 4.39. The molecule has 2 N–H and O–H groups in total. The van der Waals surface area contributed by atoms with Gasteiger partial charge in [-0.2, -0.15) is 0 Å². The molecule has 0 radical (unpaired) electrons. The van der Waals surface area contributed by atoms with Crippen molar-refractivity contribution >= 4 is 41.4 Å². The molecule has 1 aliphatic rings. The Morgan fingerprint density at radius 2 is 2.00 bits per heavy atom. The summed E-state index contributed by atoms with van der Waals surface area (Å²) in [6.45, 7) is 4.35. The van der Waals surface area contributed by atoms with Crippen LogP contribution in [0, 0.1) is 5.41 Å². The Balaban J connectivity index is 1.59. The maximum Gasteiger partial charge on any atom is 0.248 e. The fourth-order valence-electron chi connectivity index (χ4n) is 3.00. The molecule has 1 aliphatic heterocycles. The predicted octanol–water partition coefficient (Wildman–Crippen LogP) is 3.49. The van der Waals surface area contributed by atoms with Crippen LogP contribution in [0.3, 0.4) is 0 Å². The lowest BCUT2D eigenvalue weighted by Crippen LogP contribution is -2.35. The molecule has 6 nitrogen and oxygen atoms in total. The Hall–Kier alpha value is -2.74. The molecular weight excluding hydrogens is 384 g/mol. The zero-order valence-corrected chi connectivity index (χ0v) is 16.9. The van der Waals surface area contributed by atoms with E-state index < -0.39 is 0 Å². The summed E-state index contributed by atoms with van der Waals surface area (Å²) in [5.41, 5.74) is 3.52. The Morgan fingerprint density at radius 3 is 2.72 bits per heavy atom. The second kappa shape index (κ2) is 10.7. The molecule has 1 fully saturated rings. The van der Waals surface area contributed by atoms with E-state index in [9.17, 15) is 4.79 Å². The van der Waals surface area contributed by atoms with Gasteiger partial charge in [0.15, 0.2) is 0 Å².